The van der Waals surface area contributed by atoms with Gasteiger partial charge in [-0.05, 0) is 0 Å². The van der Waals surface area contributed by atoms with E-state index in [-0.39, 0.29) is 5.76 Å². The van der Waals surface area contributed by atoms with Crippen LogP contribution in [0.1, 0.15) is 5.76 Å². The van der Waals surface area contributed by atoms with E-state index in [1.807, 2.05) is 24.3 Å². The molecule has 21 heavy (non-hydrogen) atoms. The summed E-state index contributed by atoms with van der Waals surface area (Å²) in [7, 11) is 0. The van der Waals surface area contributed by atoms with Gasteiger partial charge in [-0.15, -0.1) is 10.2 Å². The van der Waals surface area contributed by atoms with Gasteiger partial charge in [0.1, 0.15) is 6.67 Å². The topological polar surface area (TPSA) is 69.1 Å². The summed E-state index contributed by atoms with van der Waals surface area (Å²) >= 11 is 6.19. The van der Waals surface area contributed by atoms with E-state index in [1.165, 1.54) is 10.6 Å². The third-order valence-corrected chi connectivity index (χ3v) is 3.42. The number of rotatable bonds is 2. The molecular weight excluding hydrogens is 297 g/mol. The van der Waals surface area contributed by atoms with Crippen LogP contribution in [0, 0.1) is 0 Å². The van der Waals surface area contributed by atoms with Crippen LogP contribution < -0.4 is 0 Å². The minimum Gasteiger partial charge on any atom is -0.358 e. The van der Waals surface area contributed by atoms with Gasteiger partial charge in [0, 0.05) is 16.8 Å². The Morgan fingerprint density at radius 3 is 2.76 bits per heavy atom. The smallest absolute Gasteiger partial charge is 0.207 e. The van der Waals surface area contributed by atoms with Crippen molar-refractivity contribution in [2.75, 3.05) is 0 Å². The van der Waals surface area contributed by atoms with E-state index >= 15 is 0 Å². The van der Waals surface area contributed by atoms with Gasteiger partial charge in [0.25, 0.3) is 0 Å². The molecule has 0 saturated heterocycles. The Labute approximate surface area is 122 Å². The molecular formula is C13H7ClFN5O. The summed E-state index contributed by atoms with van der Waals surface area (Å²) in [6, 6.07) is 8.95. The molecule has 0 unspecified atom stereocenters. The first-order chi connectivity index (χ1) is 10.3. The van der Waals surface area contributed by atoms with Gasteiger partial charge in [-0.1, -0.05) is 41.0 Å². The zero-order valence-corrected chi connectivity index (χ0v) is 11.3. The second kappa shape index (κ2) is 4.49. The number of aromatic nitrogens is 5. The quantitative estimate of drug-likeness (QED) is 0.569. The van der Waals surface area contributed by atoms with Gasteiger partial charge < -0.3 is 4.52 Å². The second-order valence-corrected chi connectivity index (χ2v) is 4.77. The summed E-state index contributed by atoms with van der Waals surface area (Å²) in [6.45, 7) is -0.735. The molecule has 0 N–H and O–H groups in total. The van der Waals surface area contributed by atoms with Gasteiger partial charge in [0.2, 0.25) is 5.82 Å². The first-order valence-electron chi connectivity index (χ1n) is 6.09. The van der Waals surface area contributed by atoms with Crippen LogP contribution in [0.4, 0.5) is 4.39 Å². The van der Waals surface area contributed by atoms with Gasteiger partial charge in [-0.2, -0.15) is 9.61 Å². The molecule has 6 nitrogen and oxygen atoms in total. The normalized spacial score (nSPS) is 11.5. The molecule has 0 aliphatic carbocycles. The largest absolute Gasteiger partial charge is 0.358 e. The Morgan fingerprint density at radius 2 is 2.00 bits per heavy atom. The van der Waals surface area contributed by atoms with E-state index in [9.17, 15) is 4.39 Å². The number of fused-ring (bicyclic) bond motifs is 3. The van der Waals surface area contributed by atoms with Crippen molar-refractivity contribution < 1.29 is 8.91 Å². The average Bonchev–Trinajstić information content (AvgIpc) is 3.13. The van der Waals surface area contributed by atoms with Crippen molar-refractivity contribution in [2.45, 2.75) is 6.67 Å². The molecule has 0 saturated carbocycles. The van der Waals surface area contributed by atoms with Crippen LogP contribution in [-0.2, 0) is 6.67 Å². The van der Waals surface area contributed by atoms with Crippen LogP contribution in [0.15, 0.2) is 34.9 Å². The van der Waals surface area contributed by atoms with Crippen molar-refractivity contribution in [3.05, 3.63) is 41.2 Å². The van der Waals surface area contributed by atoms with Gasteiger partial charge in [-0.3, -0.25) is 0 Å². The van der Waals surface area contributed by atoms with Gasteiger partial charge in [0.05, 0.1) is 0 Å². The molecule has 0 aliphatic heterocycles. The lowest BCUT2D eigenvalue weighted by molar-refractivity contribution is 0.331. The first-order valence-corrected chi connectivity index (χ1v) is 6.47. The highest BCUT2D eigenvalue weighted by Crippen LogP contribution is 2.27. The van der Waals surface area contributed by atoms with Crippen molar-refractivity contribution in [3.63, 3.8) is 0 Å². The molecule has 1 aromatic carbocycles. The first kappa shape index (κ1) is 12.2. The molecule has 0 spiro atoms. The lowest BCUT2D eigenvalue weighted by Crippen LogP contribution is -1.97. The highest BCUT2D eigenvalue weighted by molar-refractivity contribution is 6.34. The highest BCUT2D eigenvalue weighted by Gasteiger charge is 2.17. The van der Waals surface area contributed by atoms with Gasteiger partial charge >= 0.3 is 0 Å². The van der Waals surface area contributed by atoms with E-state index in [0.717, 1.165) is 10.8 Å². The van der Waals surface area contributed by atoms with E-state index in [1.54, 1.807) is 0 Å². The van der Waals surface area contributed by atoms with Gasteiger partial charge in [-0.25, -0.2) is 4.39 Å². The predicted molar refractivity (Wildman–Crippen MR) is 73.6 cm³/mol. The van der Waals surface area contributed by atoms with Crippen LogP contribution >= 0.6 is 11.6 Å². The molecule has 0 fully saturated rings. The third kappa shape index (κ3) is 1.78. The monoisotopic (exact) mass is 303 g/mol. The molecule has 0 radical (unpaired) electrons. The standard InChI is InChI=1S/C13H7ClFN5O/c14-11-8-3-1-2-4-9(8)12-16-17-13(20(12)18-11)10-5-7(6-15)21-19-10/h1-5H,6H2. The summed E-state index contributed by atoms with van der Waals surface area (Å²) in [4.78, 5) is 0. The van der Waals surface area contributed by atoms with Crippen molar-refractivity contribution in [3.8, 4) is 11.5 Å². The predicted octanol–water partition coefficient (Wildman–Crippen LogP) is 3.06. The van der Waals surface area contributed by atoms with Crippen molar-refractivity contribution in [1.29, 1.82) is 0 Å². The Balaban J connectivity index is 2.04. The maximum absolute atomic E-state index is 12.6. The Bertz CT molecular complexity index is 964. The molecule has 8 heteroatoms. The molecule has 0 atom stereocenters. The van der Waals surface area contributed by atoms with Crippen molar-refractivity contribution in [1.82, 2.24) is 25.0 Å². The molecule has 0 bridgehead atoms. The fourth-order valence-corrected chi connectivity index (χ4v) is 2.42. The molecule has 0 amide bonds. The number of hydrogen-bond donors (Lipinski definition) is 0. The van der Waals surface area contributed by atoms with Crippen LogP contribution in [0.3, 0.4) is 0 Å². The summed E-state index contributed by atoms with van der Waals surface area (Å²) in [5.74, 6) is 0.467. The molecule has 4 aromatic rings. The number of hydrogen-bond acceptors (Lipinski definition) is 5. The molecule has 3 aromatic heterocycles. The van der Waals surface area contributed by atoms with E-state index in [2.05, 4.69) is 20.5 Å². The Kier molecular flexibility index (Phi) is 2.61. The fourth-order valence-electron chi connectivity index (χ4n) is 2.18. The molecule has 0 aliphatic rings. The second-order valence-electron chi connectivity index (χ2n) is 4.41. The third-order valence-electron chi connectivity index (χ3n) is 3.14. The van der Waals surface area contributed by atoms with Gasteiger partial charge in [0.15, 0.2) is 22.3 Å². The van der Waals surface area contributed by atoms with E-state index in [0.29, 0.717) is 22.3 Å². The highest BCUT2D eigenvalue weighted by atomic mass is 35.5. The lowest BCUT2D eigenvalue weighted by atomic mass is 10.2. The average molecular weight is 304 g/mol. The van der Waals surface area contributed by atoms with Crippen molar-refractivity contribution >= 4 is 28.0 Å². The number of nitrogens with zero attached hydrogens (tertiary/aromatic N) is 5. The SMILES string of the molecule is FCc1cc(-c2nnc3c4ccccc4c(Cl)nn23)no1. The van der Waals surface area contributed by atoms with Crippen LogP contribution in [0.25, 0.3) is 27.9 Å². The molecule has 104 valence electrons. The molecule has 3 heterocycles. The van der Waals surface area contributed by atoms with Crippen LogP contribution in [0.5, 0.6) is 0 Å². The number of alkyl halides is 1. The fraction of sp³-hybridized carbons (Fsp3) is 0.0769. The number of benzene rings is 1. The zero-order valence-electron chi connectivity index (χ0n) is 10.5. The minimum atomic E-state index is -0.735. The summed E-state index contributed by atoms with van der Waals surface area (Å²) in [5, 5.41) is 18.1. The van der Waals surface area contributed by atoms with Crippen LogP contribution in [0.2, 0.25) is 5.15 Å². The Hall–Kier alpha value is -2.54. The van der Waals surface area contributed by atoms with Crippen LogP contribution in [-0.4, -0.2) is 25.0 Å². The summed E-state index contributed by atoms with van der Waals surface area (Å²) in [6.07, 6.45) is 0. The Morgan fingerprint density at radius 1 is 1.19 bits per heavy atom. The minimum absolute atomic E-state index is 0.119. The maximum Gasteiger partial charge on any atom is 0.207 e. The zero-order chi connectivity index (χ0) is 14.4. The summed E-state index contributed by atoms with van der Waals surface area (Å²) in [5.41, 5.74) is 0.906. The van der Waals surface area contributed by atoms with Crippen molar-refractivity contribution in [2.24, 2.45) is 0 Å². The summed E-state index contributed by atoms with van der Waals surface area (Å²) < 4.78 is 18.9. The molecule has 4 rings (SSSR count). The van der Waals surface area contributed by atoms with E-state index in [4.69, 9.17) is 16.1 Å². The maximum atomic E-state index is 12.6. The number of halogens is 2. The van der Waals surface area contributed by atoms with E-state index < -0.39 is 6.67 Å². The lowest BCUT2D eigenvalue weighted by Gasteiger charge is -2.02.